The van der Waals surface area contributed by atoms with E-state index in [2.05, 4.69) is 21.0 Å². The molecule has 2 aliphatic heterocycles. The van der Waals surface area contributed by atoms with Gasteiger partial charge in [0, 0.05) is 54.6 Å². The molecule has 46 heavy (non-hydrogen) atoms. The summed E-state index contributed by atoms with van der Waals surface area (Å²) in [5, 5.41) is 12.0. The van der Waals surface area contributed by atoms with E-state index in [0.717, 1.165) is 35.1 Å². The molecular formula is C35H33FN6O4. The van der Waals surface area contributed by atoms with Crippen LogP contribution in [0.25, 0.3) is 44.3 Å². The third kappa shape index (κ3) is 4.96. The number of halogens is 1. The first kappa shape index (κ1) is 28.6. The summed E-state index contributed by atoms with van der Waals surface area (Å²) < 4.78 is 22.1. The molecule has 0 bridgehead atoms. The van der Waals surface area contributed by atoms with E-state index in [4.69, 9.17) is 4.74 Å². The van der Waals surface area contributed by atoms with Gasteiger partial charge in [-0.1, -0.05) is 24.3 Å². The number of pyridine rings is 1. The number of amides is 2. The molecule has 2 aromatic carbocycles. The Labute approximate surface area is 263 Å². The van der Waals surface area contributed by atoms with Gasteiger partial charge in [-0.2, -0.15) is 0 Å². The van der Waals surface area contributed by atoms with Crippen LogP contribution < -0.4 is 5.56 Å². The van der Waals surface area contributed by atoms with E-state index >= 15 is 4.39 Å². The van der Waals surface area contributed by atoms with Crippen molar-refractivity contribution >= 4 is 33.4 Å². The minimum absolute atomic E-state index is 0.0341. The lowest BCUT2D eigenvalue weighted by atomic mass is 9.99. The van der Waals surface area contributed by atoms with E-state index in [0.29, 0.717) is 85.3 Å². The zero-order valence-electron chi connectivity index (χ0n) is 25.2. The van der Waals surface area contributed by atoms with E-state index in [-0.39, 0.29) is 18.0 Å². The highest BCUT2D eigenvalue weighted by Crippen LogP contribution is 2.41. The number of aromatic nitrogens is 4. The molecule has 5 aromatic rings. The number of morpholine rings is 1. The Morgan fingerprint density at radius 2 is 1.91 bits per heavy atom. The van der Waals surface area contributed by atoms with Gasteiger partial charge >= 0.3 is 6.03 Å². The number of nitrogens with one attached hydrogen (secondary N) is 1. The smallest absolute Gasteiger partial charge is 0.320 e. The summed E-state index contributed by atoms with van der Waals surface area (Å²) in [6.07, 6.45) is 7.95. The van der Waals surface area contributed by atoms with E-state index in [1.54, 1.807) is 24.4 Å². The van der Waals surface area contributed by atoms with Crippen molar-refractivity contribution in [3.8, 4) is 16.9 Å². The molecule has 1 saturated carbocycles. The van der Waals surface area contributed by atoms with Crippen LogP contribution in [0.5, 0.6) is 0 Å². The number of aliphatic hydroxyl groups is 1. The van der Waals surface area contributed by atoms with Crippen molar-refractivity contribution in [3.63, 3.8) is 0 Å². The van der Waals surface area contributed by atoms with Crippen LogP contribution in [0.1, 0.15) is 42.0 Å². The number of aliphatic hydroxyl groups excluding tert-OH is 1. The number of hydrogen-bond donors (Lipinski definition) is 2. The summed E-state index contributed by atoms with van der Waals surface area (Å²) in [6, 6.07) is 12.6. The van der Waals surface area contributed by atoms with Crippen LogP contribution in [-0.2, 0) is 11.3 Å². The minimum atomic E-state index is -0.525. The lowest BCUT2D eigenvalue weighted by Crippen LogP contribution is -2.49. The molecule has 1 saturated heterocycles. The van der Waals surface area contributed by atoms with Crippen LogP contribution in [0.3, 0.4) is 0 Å². The molecule has 2 fully saturated rings. The maximum Gasteiger partial charge on any atom is 0.320 e. The Kier molecular flexibility index (Phi) is 7.14. The number of fused-ring (bicyclic) bond motifs is 2. The van der Waals surface area contributed by atoms with Crippen molar-refractivity contribution in [1.29, 1.82) is 0 Å². The second-order valence-electron chi connectivity index (χ2n) is 12.2. The van der Waals surface area contributed by atoms with Crippen molar-refractivity contribution in [2.75, 3.05) is 39.4 Å². The predicted molar refractivity (Wildman–Crippen MR) is 172 cm³/mol. The lowest BCUT2D eigenvalue weighted by Gasteiger charge is -2.34. The van der Waals surface area contributed by atoms with Crippen LogP contribution in [-0.4, -0.2) is 79.8 Å². The van der Waals surface area contributed by atoms with E-state index in [1.165, 1.54) is 17.0 Å². The third-order valence-corrected chi connectivity index (χ3v) is 9.38. The van der Waals surface area contributed by atoms with Gasteiger partial charge in [0.15, 0.2) is 0 Å². The molecule has 0 unspecified atom stereocenters. The molecule has 2 amide bonds. The second kappa shape index (κ2) is 11.5. The van der Waals surface area contributed by atoms with Gasteiger partial charge in [-0.15, -0.1) is 0 Å². The molecule has 8 rings (SSSR count). The quantitative estimate of drug-likeness (QED) is 0.286. The highest BCUT2D eigenvalue weighted by Gasteiger charge is 2.27. The zero-order chi connectivity index (χ0) is 31.4. The van der Waals surface area contributed by atoms with Crippen LogP contribution in [0.2, 0.25) is 0 Å². The Morgan fingerprint density at radius 3 is 2.67 bits per heavy atom. The Bertz CT molecular complexity index is 2090. The number of hydrogen-bond acceptors (Lipinski definition) is 6. The predicted octanol–water partition coefficient (Wildman–Crippen LogP) is 4.98. The van der Waals surface area contributed by atoms with Gasteiger partial charge in [-0.05, 0) is 66.0 Å². The van der Waals surface area contributed by atoms with E-state index < -0.39 is 11.4 Å². The zero-order valence-corrected chi connectivity index (χ0v) is 25.2. The number of carbonyl (C=O) groups excluding carboxylic acids is 1. The average molecular weight is 621 g/mol. The van der Waals surface area contributed by atoms with E-state index in [9.17, 15) is 14.7 Å². The standard InChI is InChI=1S/C35H33FN6O4/c36-28-17-24(21-4-5-21)16-23-8-11-42(34(44)31(23)28)30-3-1-2-25(27(30)19-43)32-26-18-29(39-33(26)38-20-37-32)22-6-9-40(10-7-22)35(45)41-12-14-46-15-13-41/h1-3,6,8,11,16-18,20-21,43H,4-5,7,9-10,12-15,19H2,(H,37,38,39). The number of nitrogens with zero attached hydrogens (tertiary/aromatic N) is 5. The summed E-state index contributed by atoms with van der Waals surface area (Å²) in [4.78, 5) is 42.8. The van der Waals surface area contributed by atoms with Gasteiger partial charge in [-0.25, -0.2) is 19.2 Å². The van der Waals surface area contributed by atoms with Crippen molar-refractivity contribution in [2.45, 2.75) is 31.8 Å². The summed E-state index contributed by atoms with van der Waals surface area (Å²) >= 11 is 0. The van der Waals surface area contributed by atoms with Crippen molar-refractivity contribution in [1.82, 2.24) is 29.3 Å². The van der Waals surface area contributed by atoms with Gasteiger partial charge < -0.3 is 24.6 Å². The minimum Gasteiger partial charge on any atom is -0.392 e. The molecule has 0 radical (unpaired) electrons. The van der Waals surface area contributed by atoms with Crippen molar-refractivity contribution in [2.24, 2.45) is 0 Å². The molecule has 3 aromatic heterocycles. The molecular weight excluding hydrogens is 587 g/mol. The van der Waals surface area contributed by atoms with Crippen LogP contribution in [0.4, 0.5) is 9.18 Å². The molecule has 0 atom stereocenters. The summed E-state index contributed by atoms with van der Waals surface area (Å²) in [6.45, 7) is 3.12. The number of aromatic amines is 1. The number of urea groups is 1. The van der Waals surface area contributed by atoms with Gasteiger partial charge in [-0.3, -0.25) is 9.36 Å². The topological polar surface area (TPSA) is 117 Å². The molecule has 11 heteroatoms. The van der Waals surface area contributed by atoms with Crippen LogP contribution >= 0.6 is 0 Å². The van der Waals surface area contributed by atoms with E-state index in [1.807, 2.05) is 28.0 Å². The second-order valence-corrected chi connectivity index (χ2v) is 12.2. The molecule has 10 nitrogen and oxygen atoms in total. The average Bonchev–Trinajstić information content (AvgIpc) is 3.86. The molecule has 5 heterocycles. The number of carbonyl (C=O) groups is 1. The fourth-order valence-electron chi connectivity index (χ4n) is 6.75. The number of benzene rings is 2. The first-order valence-electron chi connectivity index (χ1n) is 15.7. The van der Waals surface area contributed by atoms with Gasteiger partial charge in [0.1, 0.15) is 17.8 Å². The summed E-state index contributed by atoms with van der Waals surface area (Å²) in [5.41, 5.74) is 5.27. The van der Waals surface area contributed by atoms with Crippen molar-refractivity contribution < 1.29 is 19.0 Å². The Morgan fingerprint density at radius 1 is 1.07 bits per heavy atom. The largest absolute Gasteiger partial charge is 0.392 e. The maximum atomic E-state index is 15.3. The normalized spacial score (nSPS) is 17.1. The van der Waals surface area contributed by atoms with Gasteiger partial charge in [0.25, 0.3) is 5.56 Å². The molecule has 1 aliphatic carbocycles. The molecule has 234 valence electrons. The SMILES string of the molecule is O=C(N1CC=C(c2cc3c(-c4cccc(-n5ccc6cc(C7CC7)cc(F)c6c5=O)c4CO)ncnc3[nH]2)CC1)N1CCOCC1. The molecule has 0 spiro atoms. The number of H-pyrrole nitrogens is 1. The Hall–Kier alpha value is -4.87. The first-order chi connectivity index (χ1) is 22.5. The first-order valence-corrected chi connectivity index (χ1v) is 15.7. The van der Waals surface area contributed by atoms with Crippen molar-refractivity contribution in [3.05, 3.63) is 94.1 Å². The van der Waals surface area contributed by atoms with Crippen LogP contribution in [0, 0.1) is 5.82 Å². The highest BCUT2D eigenvalue weighted by molar-refractivity contribution is 5.95. The van der Waals surface area contributed by atoms with Gasteiger partial charge in [0.05, 0.1) is 36.6 Å². The monoisotopic (exact) mass is 620 g/mol. The summed E-state index contributed by atoms with van der Waals surface area (Å²) in [7, 11) is 0. The van der Waals surface area contributed by atoms with Crippen LogP contribution in [0.15, 0.2) is 65.9 Å². The highest BCUT2D eigenvalue weighted by atomic mass is 19.1. The summed E-state index contributed by atoms with van der Waals surface area (Å²) in [5.74, 6) is -0.158. The van der Waals surface area contributed by atoms with Gasteiger partial charge in [0.2, 0.25) is 0 Å². The number of rotatable bonds is 5. The fourth-order valence-corrected chi connectivity index (χ4v) is 6.75. The fraction of sp³-hybridized carbons (Fsp3) is 0.314. The maximum absolute atomic E-state index is 15.3. The number of ether oxygens (including phenoxy) is 1. The lowest BCUT2D eigenvalue weighted by molar-refractivity contribution is 0.0441. The third-order valence-electron chi connectivity index (χ3n) is 9.38. The Balaban J connectivity index is 1.14. The molecule has 3 aliphatic rings. The molecule has 2 N–H and O–H groups in total.